The summed E-state index contributed by atoms with van der Waals surface area (Å²) in [4.78, 5) is 16.9. The van der Waals surface area contributed by atoms with Crippen LogP contribution in [-0.2, 0) is 0 Å². The molecule has 3 rings (SSSR count). The van der Waals surface area contributed by atoms with Crippen molar-refractivity contribution in [3.05, 3.63) is 64.4 Å². The van der Waals surface area contributed by atoms with Crippen LogP contribution in [0, 0.1) is 5.82 Å². The van der Waals surface area contributed by atoms with Gasteiger partial charge in [0.05, 0.1) is 5.56 Å². The fourth-order valence-electron chi connectivity index (χ4n) is 2.96. The number of hydrogen-bond donors (Lipinski definition) is 1. The average molecular weight is 406 g/mol. The number of piperazine rings is 1. The molecule has 0 radical (unpaired) electrons. The monoisotopic (exact) mass is 405 g/mol. The zero-order valence-corrected chi connectivity index (χ0v) is 15.5. The molecule has 0 spiro atoms. The summed E-state index contributed by atoms with van der Waals surface area (Å²) in [5.41, 5.74) is 1.58. The van der Waals surface area contributed by atoms with Crippen molar-refractivity contribution in [1.29, 1.82) is 0 Å². The third-order valence-corrected chi connectivity index (χ3v) is 5.07. The molecule has 0 saturated carbocycles. The van der Waals surface area contributed by atoms with Crippen LogP contribution in [0.1, 0.15) is 10.4 Å². The predicted molar refractivity (Wildman–Crippen MR) is 102 cm³/mol. The Morgan fingerprint density at radius 2 is 1.80 bits per heavy atom. The minimum atomic E-state index is -0.412. The Morgan fingerprint density at radius 3 is 2.52 bits per heavy atom. The van der Waals surface area contributed by atoms with Crippen LogP contribution in [0.15, 0.2) is 53.0 Å². The number of carbonyl (C=O) groups excluding carboxylic acids is 1. The minimum absolute atomic E-state index is 0.255. The van der Waals surface area contributed by atoms with E-state index in [1.54, 1.807) is 6.07 Å². The van der Waals surface area contributed by atoms with Crippen molar-refractivity contribution in [3.8, 4) is 0 Å². The lowest BCUT2D eigenvalue weighted by Gasteiger charge is -2.36. The summed E-state index contributed by atoms with van der Waals surface area (Å²) in [6, 6.07) is 14.5. The van der Waals surface area contributed by atoms with Crippen molar-refractivity contribution in [2.75, 3.05) is 44.2 Å². The number of benzene rings is 2. The van der Waals surface area contributed by atoms with Gasteiger partial charge in [-0.2, -0.15) is 0 Å². The molecule has 132 valence electrons. The summed E-state index contributed by atoms with van der Waals surface area (Å²) >= 11 is 3.28. The first kappa shape index (κ1) is 17.9. The Bertz CT molecular complexity index is 718. The highest BCUT2D eigenvalue weighted by atomic mass is 79.9. The van der Waals surface area contributed by atoms with Gasteiger partial charge in [0.1, 0.15) is 5.82 Å². The van der Waals surface area contributed by atoms with Crippen molar-refractivity contribution in [1.82, 2.24) is 10.2 Å². The van der Waals surface area contributed by atoms with Crippen molar-refractivity contribution in [3.63, 3.8) is 0 Å². The molecule has 0 bridgehead atoms. The number of nitrogens with one attached hydrogen (secondary N) is 1. The summed E-state index contributed by atoms with van der Waals surface area (Å²) in [6.45, 7) is 5.23. The van der Waals surface area contributed by atoms with E-state index < -0.39 is 5.82 Å². The second-order valence-electron chi connectivity index (χ2n) is 6.04. The van der Waals surface area contributed by atoms with Crippen LogP contribution in [0.25, 0.3) is 0 Å². The number of para-hydroxylation sites is 1. The number of halogens is 2. The van der Waals surface area contributed by atoms with E-state index in [0.29, 0.717) is 16.6 Å². The van der Waals surface area contributed by atoms with Crippen LogP contribution < -0.4 is 10.2 Å². The van der Waals surface area contributed by atoms with Gasteiger partial charge < -0.3 is 10.2 Å². The molecule has 1 heterocycles. The largest absolute Gasteiger partial charge is 0.369 e. The van der Waals surface area contributed by atoms with E-state index in [4.69, 9.17) is 0 Å². The van der Waals surface area contributed by atoms with Gasteiger partial charge in [-0.25, -0.2) is 4.39 Å². The SMILES string of the molecule is O=C(NCCN1CCN(c2ccccc2)CC1)c1cc(F)ccc1Br. The third kappa shape index (κ3) is 4.80. The maximum Gasteiger partial charge on any atom is 0.252 e. The van der Waals surface area contributed by atoms with Crippen LogP contribution in [0.4, 0.5) is 10.1 Å². The summed E-state index contributed by atoms with van der Waals surface area (Å²) in [6.07, 6.45) is 0. The van der Waals surface area contributed by atoms with Gasteiger partial charge in [-0.05, 0) is 46.3 Å². The zero-order chi connectivity index (χ0) is 17.6. The standard InChI is InChI=1S/C19H21BrFN3O/c20-18-7-6-15(21)14-17(18)19(25)22-8-9-23-10-12-24(13-11-23)16-4-2-1-3-5-16/h1-7,14H,8-13H2,(H,22,25). The smallest absolute Gasteiger partial charge is 0.252 e. The van der Waals surface area contributed by atoms with E-state index in [0.717, 1.165) is 32.7 Å². The maximum absolute atomic E-state index is 13.3. The third-order valence-electron chi connectivity index (χ3n) is 4.38. The zero-order valence-electron chi connectivity index (χ0n) is 13.9. The molecule has 1 saturated heterocycles. The van der Waals surface area contributed by atoms with Gasteiger partial charge in [0.25, 0.3) is 5.91 Å². The molecule has 0 unspecified atom stereocenters. The summed E-state index contributed by atoms with van der Waals surface area (Å²) in [5, 5.41) is 2.87. The topological polar surface area (TPSA) is 35.6 Å². The molecule has 6 heteroatoms. The Balaban J connectivity index is 1.43. The molecule has 1 aliphatic rings. The van der Waals surface area contributed by atoms with Crippen molar-refractivity contribution in [2.24, 2.45) is 0 Å². The van der Waals surface area contributed by atoms with E-state index in [1.165, 1.54) is 17.8 Å². The number of hydrogen-bond acceptors (Lipinski definition) is 3. The highest BCUT2D eigenvalue weighted by Crippen LogP contribution is 2.18. The lowest BCUT2D eigenvalue weighted by Crippen LogP contribution is -2.48. The quantitative estimate of drug-likeness (QED) is 0.829. The molecule has 1 fully saturated rings. The van der Waals surface area contributed by atoms with Gasteiger partial charge >= 0.3 is 0 Å². The molecule has 0 atom stereocenters. The van der Waals surface area contributed by atoms with E-state index in [-0.39, 0.29) is 5.91 Å². The van der Waals surface area contributed by atoms with Crippen molar-refractivity contribution >= 4 is 27.5 Å². The van der Waals surface area contributed by atoms with E-state index in [9.17, 15) is 9.18 Å². The van der Waals surface area contributed by atoms with Crippen LogP contribution in [0.3, 0.4) is 0 Å². The minimum Gasteiger partial charge on any atom is -0.369 e. The summed E-state index contributed by atoms with van der Waals surface area (Å²) < 4.78 is 13.9. The van der Waals surface area contributed by atoms with E-state index >= 15 is 0 Å². The number of rotatable bonds is 5. The van der Waals surface area contributed by atoms with E-state index in [2.05, 4.69) is 55.3 Å². The van der Waals surface area contributed by atoms with Crippen LogP contribution in [0.5, 0.6) is 0 Å². The number of amides is 1. The van der Waals surface area contributed by atoms with Gasteiger partial charge in [-0.15, -0.1) is 0 Å². The first-order chi connectivity index (χ1) is 12.1. The normalized spacial score (nSPS) is 15.2. The number of nitrogens with zero attached hydrogens (tertiary/aromatic N) is 2. The Kier molecular flexibility index (Phi) is 6.04. The molecule has 4 nitrogen and oxygen atoms in total. The van der Waals surface area contributed by atoms with Crippen molar-refractivity contribution in [2.45, 2.75) is 0 Å². The molecule has 1 N–H and O–H groups in total. The van der Waals surface area contributed by atoms with Gasteiger partial charge in [0.2, 0.25) is 0 Å². The summed E-state index contributed by atoms with van der Waals surface area (Å²) in [7, 11) is 0. The fraction of sp³-hybridized carbons (Fsp3) is 0.316. The maximum atomic E-state index is 13.3. The van der Waals surface area contributed by atoms with Crippen LogP contribution in [0.2, 0.25) is 0 Å². The Labute approximate surface area is 155 Å². The molecule has 0 aromatic heterocycles. The van der Waals surface area contributed by atoms with Crippen LogP contribution >= 0.6 is 15.9 Å². The molecule has 2 aromatic carbocycles. The van der Waals surface area contributed by atoms with Crippen LogP contribution in [-0.4, -0.2) is 50.1 Å². The Morgan fingerprint density at radius 1 is 1.08 bits per heavy atom. The average Bonchev–Trinajstić information content (AvgIpc) is 2.65. The molecule has 1 aliphatic heterocycles. The molecule has 0 aliphatic carbocycles. The second-order valence-corrected chi connectivity index (χ2v) is 6.90. The Hall–Kier alpha value is -1.92. The molecule has 25 heavy (non-hydrogen) atoms. The second kappa shape index (κ2) is 8.45. The van der Waals surface area contributed by atoms with Gasteiger partial charge in [0.15, 0.2) is 0 Å². The lowest BCUT2D eigenvalue weighted by molar-refractivity contribution is 0.0946. The highest BCUT2D eigenvalue weighted by molar-refractivity contribution is 9.10. The first-order valence-corrected chi connectivity index (χ1v) is 9.18. The summed E-state index contributed by atoms with van der Waals surface area (Å²) in [5.74, 6) is -0.667. The van der Waals surface area contributed by atoms with Gasteiger partial charge in [-0.1, -0.05) is 18.2 Å². The predicted octanol–water partition coefficient (Wildman–Crippen LogP) is 3.14. The molecule has 1 amide bonds. The number of carbonyl (C=O) groups is 1. The molecule has 2 aromatic rings. The number of anilines is 1. The van der Waals surface area contributed by atoms with Crippen molar-refractivity contribution < 1.29 is 9.18 Å². The van der Waals surface area contributed by atoms with Gasteiger partial charge in [0, 0.05) is 49.4 Å². The molecular formula is C19H21BrFN3O. The van der Waals surface area contributed by atoms with E-state index in [1.807, 2.05) is 6.07 Å². The lowest BCUT2D eigenvalue weighted by atomic mass is 10.2. The fourth-order valence-corrected chi connectivity index (χ4v) is 3.39. The van der Waals surface area contributed by atoms with Gasteiger partial charge in [-0.3, -0.25) is 9.69 Å². The highest BCUT2D eigenvalue weighted by Gasteiger charge is 2.17. The first-order valence-electron chi connectivity index (χ1n) is 8.39. The molecular weight excluding hydrogens is 385 g/mol.